The number of para-hydroxylation sites is 3. The molecule has 2 aliphatic heterocycles. The second-order valence-corrected chi connectivity index (χ2v) is 12.9. The van der Waals surface area contributed by atoms with Crippen molar-refractivity contribution in [1.82, 2.24) is 0 Å². The number of benzene rings is 8. The maximum Gasteiger partial charge on any atom is 0.156 e. The predicted octanol–water partition coefficient (Wildman–Crippen LogP) is 13.4. The Bertz CT molecular complexity index is 2830. The summed E-state index contributed by atoms with van der Waals surface area (Å²) in [6.07, 6.45) is 0. The molecule has 0 atom stereocenters. The number of ether oxygens (including phenoxy) is 2. The molecule has 11 rings (SSSR count). The molecule has 0 saturated heterocycles. The number of fused-ring (bicyclic) bond motifs is 8. The lowest BCUT2D eigenvalue weighted by molar-refractivity contribution is 0.446. The molecule has 0 unspecified atom stereocenters. The van der Waals surface area contributed by atoms with Gasteiger partial charge in [0.15, 0.2) is 23.0 Å². The number of furan rings is 1. The lowest BCUT2D eigenvalue weighted by Gasteiger charge is -2.38. The van der Waals surface area contributed by atoms with Crippen LogP contribution in [0.3, 0.4) is 0 Å². The molecule has 0 spiro atoms. The highest BCUT2D eigenvalue weighted by Gasteiger charge is 2.35. The summed E-state index contributed by atoms with van der Waals surface area (Å²) < 4.78 is 19.6. The van der Waals surface area contributed by atoms with E-state index in [9.17, 15) is 0 Å². The smallest absolute Gasteiger partial charge is 0.156 e. The van der Waals surface area contributed by atoms with Crippen molar-refractivity contribution in [2.45, 2.75) is 0 Å². The van der Waals surface area contributed by atoms with Crippen LogP contribution < -0.4 is 14.4 Å². The third kappa shape index (κ3) is 3.99. The van der Waals surface area contributed by atoms with E-state index in [4.69, 9.17) is 13.9 Å². The molecule has 0 aliphatic carbocycles. The first kappa shape index (κ1) is 27.2. The Morgan fingerprint density at radius 1 is 0.380 bits per heavy atom. The molecule has 0 radical (unpaired) electrons. The average Bonchev–Trinajstić information content (AvgIpc) is 3.56. The van der Waals surface area contributed by atoms with Gasteiger partial charge >= 0.3 is 0 Å². The molecule has 234 valence electrons. The van der Waals surface area contributed by atoms with Gasteiger partial charge in [-0.2, -0.15) is 0 Å². The van der Waals surface area contributed by atoms with E-state index in [1.165, 1.54) is 21.9 Å². The molecular weight excluding hydrogens is 615 g/mol. The maximum atomic E-state index is 6.84. The van der Waals surface area contributed by atoms with Crippen molar-refractivity contribution >= 4 is 49.8 Å². The zero-order valence-electron chi connectivity index (χ0n) is 26.8. The van der Waals surface area contributed by atoms with Crippen LogP contribution in [0.1, 0.15) is 0 Å². The van der Waals surface area contributed by atoms with Gasteiger partial charge in [-0.25, -0.2) is 0 Å². The van der Waals surface area contributed by atoms with Gasteiger partial charge in [-0.1, -0.05) is 115 Å². The van der Waals surface area contributed by atoms with Crippen LogP contribution in [0.15, 0.2) is 168 Å². The van der Waals surface area contributed by atoms with E-state index >= 15 is 0 Å². The number of hydrogen-bond acceptors (Lipinski definition) is 4. The van der Waals surface area contributed by atoms with Gasteiger partial charge in [0.1, 0.15) is 16.9 Å². The van der Waals surface area contributed by atoms with Gasteiger partial charge in [0.2, 0.25) is 0 Å². The van der Waals surface area contributed by atoms with Gasteiger partial charge in [0.05, 0.1) is 11.4 Å². The van der Waals surface area contributed by atoms with Gasteiger partial charge in [-0.05, 0) is 92.7 Å². The molecule has 8 aromatic carbocycles. The minimum absolute atomic E-state index is 0.752. The molecule has 3 heterocycles. The SMILES string of the molecule is c1ccc2c(c1)Oc1cc(-c3ccc(-c4cccc5ccccc45)cc3)cc3c1N2c1ccc(-c2cccc4oc5ccccc5c24)cc1O3. The van der Waals surface area contributed by atoms with Crippen LogP contribution in [-0.2, 0) is 0 Å². The van der Waals surface area contributed by atoms with E-state index in [-0.39, 0.29) is 0 Å². The van der Waals surface area contributed by atoms with Gasteiger partial charge in [0.25, 0.3) is 0 Å². The standard InChI is InChI=1S/C46H27NO3/c1-2-11-33-29(9-1)10-7-13-34(33)30-21-19-28(20-22-30)32-26-43-46-44(27-32)50-42-25-31(23-24-38(42)47(46)37-15-4-6-17-40(37)49-43)35-14-8-18-41-45(35)36-12-3-5-16-39(36)48-41/h1-27H. The van der Waals surface area contributed by atoms with Crippen LogP contribution in [0.5, 0.6) is 23.0 Å². The Balaban J connectivity index is 1.04. The molecule has 0 amide bonds. The highest BCUT2D eigenvalue weighted by atomic mass is 16.5. The second kappa shape index (κ2) is 10.4. The second-order valence-electron chi connectivity index (χ2n) is 12.9. The van der Waals surface area contributed by atoms with E-state index in [1.807, 2.05) is 36.4 Å². The normalized spacial score (nSPS) is 12.7. The summed E-state index contributed by atoms with van der Waals surface area (Å²) in [5, 5.41) is 4.69. The highest BCUT2D eigenvalue weighted by Crippen LogP contribution is 2.61. The Kier molecular flexibility index (Phi) is 5.63. The average molecular weight is 642 g/mol. The van der Waals surface area contributed by atoms with E-state index < -0.39 is 0 Å². The zero-order valence-corrected chi connectivity index (χ0v) is 26.8. The van der Waals surface area contributed by atoms with Gasteiger partial charge in [-0.15, -0.1) is 0 Å². The fraction of sp³-hybridized carbons (Fsp3) is 0. The molecule has 0 fully saturated rings. The topological polar surface area (TPSA) is 34.8 Å². The molecular formula is C46H27NO3. The Hall–Kier alpha value is -6.78. The summed E-state index contributed by atoms with van der Waals surface area (Å²) in [6, 6.07) is 57.2. The molecule has 4 heteroatoms. The van der Waals surface area contributed by atoms with Crippen LogP contribution in [0.25, 0.3) is 66.1 Å². The fourth-order valence-corrected chi connectivity index (χ4v) is 7.74. The summed E-state index contributed by atoms with van der Waals surface area (Å²) >= 11 is 0. The van der Waals surface area contributed by atoms with Crippen LogP contribution in [-0.4, -0.2) is 0 Å². The van der Waals surface area contributed by atoms with E-state index in [0.29, 0.717) is 0 Å². The third-order valence-corrected chi connectivity index (χ3v) is 10.0. The van der Waals surface area contributed by atoms with Crippen LogP contribution in [0.4, 0.5) is 17.1 Å². The summed E-state index contributed by atoms with van der Waals surface area (Å²) in [7, 11) is 0. The summed E-state index contributed by atoms with van der Waals surface area (Å²) in [4.78, 5) is 2.27. The molecule has 50 heavy (non-hydrogen) atoms. The van der Waals surface area contributed by atoms with Crippen molar-refractivity contribution in [1.29, 1.82) is 0 Å². The summed E-state index contributed by atoms with van der Waals surface area (Å²) in [5.74, 6) is 3.10. The fourth-order valence-electron chi connectivity index (χ4n) is 7.74. The molecule has 0 saturated carbocycles. The van der Waals surface area contributed by atoms with Crippen LogP contribution in [0, 0.1) is 0 Å². The number of anilines is 3. The minimum Gasteiger partial charge on any atom is -0.456 e. The first-order valence-electron chi connectivity index (χ1n) is 16.8. The van der Waals surface area contributed by atoms with Crippen molar-refractivity contribution in [3.05, 3.63) is 164 Å². The van der Waals surface area contributed by atoms with E-state index in [1.54, 1.807) is 0 Å². The van der Waals surface area contributed by atoms with E-state index in [0.717, 1.165) is 84.3 Å². The minimum atomic E-state index is 0.752. The summed E-state index contributed by atoms with van der Waals surface area (Å²) in [5.41, 5.74) is 11.3. The molecule has 0 bridgehead atoms. The molecule has 9 aromatic rings. The quantitative estimate of drug-likeness (QED) is 0.192. The molecule has 2 aliphatic rings. The van der Waals surface area contributed by atoms with Gasteiger partial charge in [0, 0.05) is 10.8 Å². The Morgan fingerprint density at radius 3 is 1.90 bits per heavy atom. The lowest BCUT2D eigenvalue weighted by atomic mass is 9.95. The van der Waals surface area contributed by atoms with Crippen molar-refractivity contribution in [3.8, 4) is 56.4 Å². The Morgan fingerprint density at radius 2 is 1.00 bits per heavy atom. The largest absolute Gasteiger partial charge is 0.456 e. The van der Waals surface area contributed by atoms with Crippen molar-refractivity contribution in [2.75, 3.05) is 4.90 Å². The number of nitrogens with zero attached hydrogens (tertiary/aromatic N) is 1. The zero-order chi connectivity index (χ0) is 32.8. The van der Waals surface area contributed by atoms with Gasteiger partial charge in [-0.3, -0.25) is 4.90 Å². The van der Waals surface area contributed by atoms with Crippen LogP contribution in [0.2, 0.25) is 0 Å². The van der Waals surface area contributed by atoms with Crippen molar-refractivity contribution in [3.63, 3.8) is 0 Å². The van der Waals surface area contributed by atoms with Crippen molar-refractivity contribution in [2.24, 2.45) is 0 Å². The third-order valence-electron chi connectivity index (χ3n) is 10.0. The Labute approximate surface area is 288 Å². The maximum absolute atomic E-state index is 6.84. The lowest BCUT2D eigenvalue weighted by Crippen LogP contribution is -2.20. The molecule has 0 N–H and O–H groups in total. The monoisotopic (exact) mass is 641 g/mol. The van der Waals surface area contributed by atoms with Crippen LogP contribution >= 0.6 is 0 Å². The summed E-state index contributed by atoms with van der Waals surface area (Å²) in [6.45, 7) is 0. The van der Waals surface area contributed by atoms with E-state index in [2.05, 4.69) is 132 Å². The number of hydrogen-bond donors (Lipinski definition) is 0. The molecule has 4 nitrogen and oxygen atoms in total. The number of rotatable bonds is 3. The highest BCUT2D eigenvalue weighted by molar-refractivity contribution is 6.12. The first-order valence-corrected chi connectivity index (χ1v) is 16.8. The molecule has 1 aromatic heterocycles. The van der Waals surface area contributed by atoms with Crippen molar-refractivity contribution < 1.29 is 13.9 Å². The predicted molar refractivity (Wildman–Crippen MR) is 202 cm³/mol. The van der Waals surface area contributed by atoms with Gasteiger partial charge < -0.3 is 13.9 Å². The first-order chi connectivity index (χ1) is 24.8.